The summed E-state index contributed by atoms with van der Waals surface area (Å²) in [5.41, 5.74) is 6.21. The highest BCUT2D eigenvalue weighted by molar-refractivity contribution is 7.99. The number of H-pyrrole nitrogens is 1. The predicted octanol–water partition coefficient (Wildman–Crippen LogP) is 0.630. The van der Waals surface area contributed by atoms with Crippen molar-refractivity contribution in [1.29, 1.82) is 0 Å². The summed E-state index contributed by atoms with van der Waals surface area (Å²) in [5.74, 6) is -0.540. The molecule has 1 aromatic carbocycles. The van der Waals surface area contributed by atoms with E-state index in [0.29, 0.717) is 31.2 Å². The lowest BCUT2D eigenvalue weighted by atomic mass is 9.97. The van der Waals surface area contributed by atoms with Gasteiger partial charge in [0.05, 0.1) is 11.7 Å². The highest BCUT2D eigenvalue weighted by Crippen LogP contribution is 2.19. The van der Waals surface area contributed by atoms with Crippen LogP contribution >= 0.6 is 11.8 Å². The largest absolute Gasteiger partial charge is 0.369 e. The number of hydrogen-bond acceptors (Lipinski definition) is 5. The SMILES string of the molecule is NC(=O)[C@H]1CCCN(C(=O)CSc2n[nH]c(=O)n2CCc2ccccc2)C1. The van der Waals surface area contributed by atoms with Gasteiger partial charge in [0.2, 0.25) is 11.8 Å². The van der Waals surface area contributed by atoms with Gasteiger partial charge in [-0.1, -0.05) is 42.1 Å². The molecule has 0 bridgehead atoms. The Labute approximate surface area is 161 Å². The number of aryl methyl sites for hydroxylation is 1. The molecule has 1 aliphatic rings. The van der Waals surface area contributed by atoms with Crippen LogP contribution in [0.2, 0.25) is 0 Å². The summed E-state index contributed by atoms with van der Waals surface area (Å²) >= 11 is 1.23. The van der Waals surface area contributed by atoms with Crippen molar-refractivity contribution in [2.24, 2.45) is 11.7 Å². The highest BCUT2D eigenvalue weighted by Gasteiger charge is 2.27. The van der Waals surface area contributed by atoms with Crippen molar-refractivity contribution in [2.75, 3.05) is 18.8 Å². The maximum absolute atomic E-state index is 12.5. The van der Waals surface area contributed by atoms with Crippen molar-refractivity contribution in [3.05, 3.63) is 46.4 Å². The minimum absolute atomic E-state index is 0.0731. The molecule has 1 atom stereocenters. The minimum Gasteiger partial charge on any atom is -0.369 e. The summed E-state index contributed by atoms with van der Waals surface area (Å²) in [4.78, 5) is 37.5. The Balaban J connectivity index is 1.57. The Morgan fingerprint density at radius 2 is 2.07 bits per heavy atom. The fourth-order valence-corrected chi connectivity index (χ4v) is 4.03. The van der Waals surface area contributed by atoms with Gasteiger partial charge in [0.15, 0.2) is 5.16 Å². The van der Waals surface area contributed by atoms with E-state index in [0.717, 1.165) is 18.4 Å². The van der Waals surface area contributed by atoms with Gasteiger partial charge in [-0.2, -0.15) is 0 Å². The number of carbonyl (C=O) groups is 2. The Morgan fingerprint density at radius 3 is 2.81 bits per heavy atom. The number of amides is 2. The number of primary amides is 1. The Hall–Kier alpha value is -2.55. The van der Waals surface area contributed by atoms with E-state index in [4.69, 9.17) is 5.73 Å². The zero-order valence-corrected chi connectivity index (χ0v) is 15.8. The minimum atomic E-state index is -0.359. The van der Waals surface area contributed by atoms with Crippen molar-refractivity contribution < 1.29 is 9.59 Å². The molecule has 0 saturated carbocycles. The number of aromatic amines is 1. The van der Waals surface area contributed by atoms with Gasteiger partial charge in [-0.25, -0.2) is 9.89 Å². The number of nitrogens with two attached hydrogens (primary N) is 1. The molecule has 2 heterocycles. The Kier molecular flexibility index (Phi) is 6.33. The van der Waals surface area contributed by atoms with Crippen LogP contribution in [0.4, 0.5) is 0 Å². The first-order chi connectivity index (χ1) is 13.0. The standard InChI is InChI=1S/C18H23N5O3S/c19-16(25)14-7-4-9-22(11-14)15(24)12-27-18-21-20-17(26)23(18)10-8-13-5-2-1-3-6-13/h1-3,5-6,14H,4,7-12H2,(H2,19,25)(H,20,26)/t14-/m0/s1. The number of likely N-dealkylation sites (tertiary alicyclic amines) is 1. The van der Waals surface area contributed by atoms with E-state index in [1.807, 2.05) is 30.3 Å². The summed E-state index contributed by atoms with van der Waals surface area (Å²) in [6, 6.07) is 9.88. The summed E-state index contributed by atoms with van der Waals surface area (Å²) in [6.07, 6.45) is 2.20. The predicted molar refractivity (Wildman–Crippen MR) is 102 cm³/mol. The topological polar surface area (TPSA) is 114 Å². The fraction of sp³-hybridized carbons (Fsp3) is 0.444. The van der Waals surface area contributed by atoms with E-state index in [1.54, 1.807) is 9.47 Å². The summed E-state index contributed by atoms with van der Waals surface area (Å²) < 4.78 is 1.55. The molecule has 1 saturated heterocycles. The molecule has 27 heavy (non-hydrogen) atoms. The number of thioether (sulfide) groups is 1. The van der Waals surface area contributed by atoms with Gasteiger partial charge in [0, 0.05) is 19.6 Å². The fourth-order valence-electron chi connectivity index (χ4n) is 3.15. The molecular weight excluding hydrogens is 366 g/mol. The van der Waals surface area contributed by atoms with Crippen LogP contribution in [0.25, 0.3) is 0 Å². The first-order valence-electron chi connectivity index (χ1n) is 8.93. The lowest BCUT2D eigenvalue weighted by Crippen LogP contribution is -2.44. The molecule has 1 fully saturated rings. The van der Waals surface area contributed by atoms with Crippen LogP contribution in [0.15, 0.2) is 40.3 Å². The van der Waals surface area contributed by atoms with Crippen molar-refractivity contribution in [3.63, 3.8) is 0 Å². The molecular formula is C18H23N5O3S. The number of benzene rings is 1. The van der Waals surface area contributed by atoms with Crippen molar-refractivity contribution in [1.82, 2.24) is 19.7 Å². The highest BCUT2D eigenvalue weighted by atomic mass is 32.2. The van der Waals surface area contributed by atoms with Crippen LogP contribution in [-0.2, 0) is 22.6 Å². The quantitative estimate of drug-likeness (QED) is 0.674. The molecule has 144 valence electrons. The first kappa shape index (κ1) is 19.2. The molecule has 3 rings (SSSR count). The van der Waals surface area contributed by atoms with Crippen molar-refractivity contribution >= 4 is 23.6 Å². The van der Waals surface area contributed by atoms with E-state index >= 15 is 0 Å². The lowest BCUT2D eigenvalue weighted by molar-refractivity contribution is -0.132. The molecule has 1 aliphatic heterocycles. The number of piperidine rings is 1. The summed E-state index contributed by atoms with van der Waals surface area (Å²) in [5, 5.41) is 6.97. The van der Waals surface area contributed by atoms with E-state index in [1.165, 1.54) is 11.8 Å². The Bertz CT molecular complexity index is 848. The average Bonchev–Trinajstić information content (AvgIpc) is 3.05. The van der Waals surface area contributed by atoms with Gasteiger partial charge in [0.25, 0.3) is 0 Å². The number of aromatic nitrogens is 3. The zero-order valence-electron chi connectivity index (χ0n) is 15.0. The van der Waals surface area contributed by atoms with Gasteiger partial charge in [-0.15, -0.1) is 5.10 Å². The second-order valence-electron chi connectivity index (χ2n) is 6.57. The lowest BCUT2D eigenvalue weighted by Gasteiger charge is -2.31. The first-order valence-corrected chi connectivity index (χ1v) is 9.92. The second-order valence-corrected chi connectivity index (χ2v) is 7.51. The maximum Gasteiger partial charge on any atom is 0.343 e. The van der Waals surface area contributed by atoms with Crippen LogP contribution in [0.5, 0.6) is 0 Å². The van der Waals surface area contributed by atoms with Gasteiger partial charge in [-0.05, 0) is 24.8 Å². The van der Waals surface area contributed by atoms with Gasteiger partial charge in [-0.3, -0.25) is 14.2 Å². The molecule has 2 amide bonds. The van der Waals surface area contributed by atoms with Gasteiger partial charge in [0.1, 0.15) is 0 Å². The molecule has 0 aliphatic carbocycles. The molecule has 0 unspecified atom stereocenters. The number of nitrogens with zero attached hydrogens (tertiary/aromatic N) is 3. The number of nitrogens with one attached hydrogen (secondary N) is 1. The molecule has 3 N–H and O–H groups in total. The van der Waals surface area contributed by atoms with Crippen LogP contribution < -0.4 is 11.4 Å². The number of rotatable bonds is 7. The number of hydrogen-bond donors (Lipinski definition) is 2. The molecule has 0 spiro atoms. The molecule has 1 aromatic heterocycles. The van der Waals surface area contributed by atoms with Crippen LogP contribution in [0.1, 0.15) is 18.4 Å². The van der Waals surface area contributed by atoms with E-state index < -0.39 is 0 Å². The monoisotopic (exact) mass is 389 g/mol. The third-order valence-corrected chi connectivity index (χ3v) is 5.65. The molecule has 0 radical (unpaired) electrons. The third kappa shape index (κ3) is 5.00. The van der Waals surface area contributed by atoms with Gasteiger partial charge >= 0.3 is 5.69 Å². The van der Waals surface area contributed by atoms with Crippen molar-refractivity contribution in [2.45, 2.75) is 31.0 Å². The zero-order chi connectivity index (χ0) is 19.2. The average molecular weight is 389 g/mol. The normalized spacial score (nSPS) is 17.0. The molecule has 8 nitrogen and oxygen atoms in total. The van der Waals surface area contributed by atoms with Crippen LogP contribution in [-0.4, -0.2) is 50.3 Å². The van der Waals surface area contributed by atoms with Crippen LogP contribution in [0.3, 0.4) is 0 Å². The van der Waals surface area contributed by atoms with Gasteiger partial charge < -0.3 is 10.6 Å². The smallest absolute Gasteiger partial charge is 0.343 e. The van der Waals surface area contributed by atoms with E-state index in [-0.39, 0.29) is 29.2 Å². The summed E-state index contributed by atoms with van der Waals surface area (Å²) in [7, 11) is 0. The molecule has 2 aromatic rings. The van der Waals surface area contributed by atoms with Crippen LogP contribution in [0, 0.1) is 5.92 Å². The molecule has 9 heteroatoms. The van der Waals surface area contributed by atoms with E-state index in [2.05, 4.69) is 10.2 Å². The number of carbonyl (C=O) groups excluding carboxylic acids is 2. The maximum atomic E-state index is 12.5. The summed E-state index contributed by atoms with van der Waals surface area (Å²) in [6.45, 7) is 1.49. The van der Waals surface area contributed by atoms with E-state index in [9.17, 15) is 14.4 Å². The van der Waals surface area contributed by atoms with Crippen molar-refractivity contribution in [3.8, 4) is 0 Å². The third-order valence-electron chi connectivity index (χ3n) is 4.69. The second kappa shape index (κ2) is 8.90. The Morgan fingerprint density at radius 1 is 1.30 bits per heavy atom.